The Balaban J connectivity index is 2.23. The summed E-state index contributed by atoms with van der Waals surface area (Å²) in [5, 5.41) is 0.992. The van der Waals surface area contributed by atoms with Crippen molar-refractivity contribution in [2.75, 3.05) is 0 Å². The van der Waals surface area contributed by atoms with Crippen LogP contribution in [0.25, 0.3) is 22.6 Å². The Morgan fingerprint density at radius 3 is 2.62 bits per heavy atom. The summed E-state index contributed by atoms with van der Waals surface area (Å²) in [7, 11) is 0. The number of aromatic amines is 1. The average molecular weight is 394 g/mol. The van der Waals surface area contributed by atoms with Gasteiger partial charge in [-0.1, -0.05) is 39.0 Å². The Hall–Kier alpha value is -1.63. The minimum atomic E-state index is -0.203. The van der Waals surface area contributed by atoms with Gasteiger partial charge in [0.05, 0.1) is 5.69 Å². The van der Waals surface area contributed by atoms with Gasteiger partial charge in [0.15, 0.2) is 11.6 Å². The first-order chi connectivity index (χ1) is 9.86. The van der Waals surface area contributed by atoms with Crippen LogP contribution in [0.5, 0.6) is 0 Å². The Labute approximate surface area is 135 Å². The molecule has 5 heteroatoms. The molecule has 3 aromatic rings. The number of halogens is 1. The van der Waals surface area contributed by atoms with Crippen molar-refractivity contribution >= 4 is 33.6 Å². The highest BCUT2D eigenvalue weighted by Crippen LogP contribution is 2.28. The first-order valence-corrected chi connectivity index (χ1v) is 7.73. The molecule has 0 fully saturated rings. The van der Waals surface area contributed by atoms with Gasteiger partial charge in [-0.2, -0.15) is 0 Å². The summed E-state index contributed by atoms with van der Waals surface area (Å²) in [6.07, 6.45) is 0. The molecular weight excluding hydrogens is 379 g/mol. The van der Waals surface area contributed by atoms with Crippen molar-refractivity contribution in [2.24, 2.45) is 0 Å². The SMILES string of the molecule is CC(C)(C)c1nc(-c2cc3ccccc3o2)[nH]c(=O)c1I. The van der Waals surface area contributed by atoms with Crippen LogP contribution < -0.4 is 5.56 Å². The first-order valence-electron chi connectivity index (χ1n) is 6.65. The molecule has 3 rings (SSSR count). The van der Waals surface area contributed by atoms with Gasteiger partial charge in [-0.15, -0.1) is 0 Å². The van der Waals surface area contributed by atoms with Crippen molar-refractivity contribution in [3.05, 3.63) is 49.9 Å². The third kappa shape index (κ3) is 2.62. The molecule has 0 spiro atoms. The second kappa shape index (κ2) is 4.98. The number of rotatable bonds is 1. The Morgan fingerprint density at radius 2 is 1.95 bits per heavy atom. The number of nitrogens with one attached hydrogen (secondary N) is 1. The van der Waals surface area contributed by atoms with E-state index in [1.807, 2.05) is 73.7 Å². The quantitative estimate of drug-likeness (QED) is 0.633. The van der Waals surface area contributed by atoms with E-state index in [4.69, 9.17) is 4.42 Å². The third-order valence-electron chi connectivity index (χ3n) is 3.23. The van der Waals surface area contributed by atoms with Gasteiger partial charge < -0.3 is 9.40 Å². The molecule has 2 aromatic heterocycles. The molecule has 2 heterocycles. The number of fused-ring (bicyclic) bond motifs is 1. The average Bonchev–Trinajstić information content (AvgIpc) is 2.84. The highest BCUT2D eigenvalue weighted by molar-refractivity contribution is 14.1. The van der Waals surface area contributed by atoms with Crippen LogP contribution in [0, 0.1) is 3.57 Å². The monoisotopic (exact) mass is 394 g/mol. The van der Waals surface area contributed by atoms with Gasteiger partial charge in [-0.05, 0) is 34.7 Å². The van der Waals surface area contributed by atoms with E-state index in [0.717, 1.165) is 16.7 Å². The number of benzene rings is 1. The number of hydrogen-bond acceptors (Lipinski definition) is 3. The minimum Gasteiger partial charge on any atom is -0.453 e. The summed E-state index contributed by atoms with van der Waals surface area (Å²) >= 11 is 2.04. The molecule has 4 nitrogen and oxygen atoms in total. The van der Waals surface area contributed by atoms with E-state index in [9.17, 15) is 4.79 Å². The molecule has 0 amide bonds. The molecule has 0 aliphatic carbocycles. The van der Waals surface area contributed by atoms with Crippen LogP contribution in [-0.4, -0.2) is 9.97 Å². The number of nitrogens with zero attached hydrogens (tertiary/aromatic N) is 1. The third-order valence-corrected chi connectivity index (χ3v) is 4.23. The Bertz CT molecular complexity index is 839. The van der Waals surface area contributed by atoms with Crippen molar-refractivity contribution in [1.29, 1.82) is 0 Å². The van der Waals surface area contributed by atoms with E-state index < -0.39 is 0 Å². The fourth-order valence-electron chi connectivity index (χ4n) is 2.17. The number of H-pyrrole nitrogens is 1. The molecule has 0 atom stereocenters. The van der Waals surface area contributed by atoms with Crippen LogP contribution in [0.2, 0.25) is 0 Å². The van der Waals surface area contributed by atoms with E-state index in [1.165, 1.54) is 0 Å². The van der Waals surface area contributed by atoms with E-state index in [0.29, 0.717) is 15.2 Å². The fourth-order valence-corrected chi connectivity index (χ4v) is 3.24. The zero-order valence-corrected chi connectivity index (χ0v) is 14.2. The van der Waals surface area contributed by atoms with E-state index in [2.05, 4.69) is 9.97 Å². The van der Waals surface area contributed by atoms with Crippen molar-refractivity contribution < 1.29 is 4.42 Å². The standard InChI is InChI=1S/C16H15IN2O2/c1-16(2,3)13-12(17)15(20)19-14(18-13)11-8-9-6-4-5-7-10(9)21-11/h4-8H,1-3H3,(H,18,19,20). The summed E-state index contributed by atoms with van der Waals surface area (Å²) < 4.78 is 6.41. The van der Waals surface area contributed by atoms with Crippen LogP contribution in [0.3, 0.4) is 0 Å². The van der Waals surface area contributed by atoms with Crippen LogP contribution in [0.15, 0.2) is 39.5 Å². The molecule has 0 aliphatic heterocycles. The predicted molar refractivity (Wildman–Crippen MR) is 91.5 cm³/mol. The summed E-state index contributed by atoms with van der Waals surface area (Å²) in [4.78, 5) is 19.6. The smallest absolute Gasteiger partial charge is 0.264 e. The van der Waals surface area contributed by atoms with Gasteiger partial charge in [-0.3, -0.25) is 4.79 Å². The van der Waals surface area contributed by atoms with Crippen LogP contribution >= 0.6 is 22.6 Å². The highest BCUT2D eigenvalue weighted by Gasteiger charge is 2.23. The second-order valence-corrected chi connectivity index (χ2v) is 7.05. The van der Waals surface area contributed by atoms with Crippen molar-refractivity contribution in [1.82, 2.24) is 9.97 Å². The zero-order chi connectivity index (χ0) is 15.2. The van der Waals surface area contributed by atoms with Gasteiger partial charge in [0.25, 0.3) is 5.56 Å². The minimum absolute atomic E-state index is 0.133. The molecule has 0 bridgehead atoms. The van der Waals surface area contributed by atoms with E-state index in [-0.39, 0.29) is 11.0 Å². The lowest BCUT2D eigenvalue weighted by Gasteiger charge is -2.19. The van der Waals surface area contributed by atoms with Crippen LogP contribution in [-0.2, 0) is 5.41 Å². The second-order valence-electron chi connectivity index (χ2n) is 5.98. The molecule has 0 aliphatic rings. The van der Waals surface area contributed by atoms with Crippen LogP contribution in [0.1, 0.15) is 26.5 Å². The molecule has 21 heavy (non-hydrogen) atoms. The number of furan rings is 1. The molecule has 1 aromatic carbocycles. The van der Waals surface area contributed by atoms with Crippen LogP contribution in [0.4, 0.5) is 0 Å². The predicted octanol–water partition coefficient (Wildman–Crippen LogP) is 4.09. The lowest BCUT2D eigenvalue weighted by Crippen LogP contribution is -2.24. The van der Waals surface area contributed by atoms with Gasteiger partial charge in [-0.25, -0.2) is 4.98 Å². The first kappa shape index (κ1) is 14.3. The lowest BCUT2D eigenvalue weighted by atomic mass is 9.92. The highest BCUT2D eigenvalue weighted by atomic mass is 127. The summed E-state index contributed by atoms with van der Waals surface area (Å²) in [5.41, 5.74) is 1.23. The molecule has 0 saturated heterocycles. The van der Waals surface area contributed by atoms with Crippen molar-refractivity contribution in [3.8, 4) is 11.6 Å². The molecule has 0 saturated carbocycles. The lowest BCUT2D eigenvalue weighted by molar-refractivity contribution is 0.558. The maximum atomic E-state index is 12.2. The molecular formula is C16H15IN2O2. The number of para-hydroxylation sites is 1. The van der Waals surface area contributed by atoms with Gasteiger partial charge in [0.1, 0.15) is 9.15 Å². The van der Waals surface area contributed by atoms with Gasteiger partial charge in [0.2, 0.25) is 0 Å². The molecule has 0 radical (unpaired) electrons. The molecule has 0 unspecified atom stereocenters. The Morgan fingerprint density at radius 1 is 1.24 bits per heavy atom. The van der Waals surface area contributed by atoms with Gasteiger partial charge >= 0.3 is 0 Å². The van der Waals surface area contributed by atoms with Crippen molar-refractivity contribution in [3.63, 3.8) is 0 Å². The van der Waals surface area contributed by atoms with E-state index >= 15 is 0 Å². The molecule has 1 N–H and O–H groups in total. The summed E-state index contributed by atoms with van der Waals surface area (Å²) in [5.74, 6) is 1.05. The molecule has 108 valence electrons. The fraction of sp³-hybridized carbons (Fsp3) is 0.250. The maximum Gasteiger partial charge on any atom is 0.264 e. The number of hydrogen-bond donors (Lipinski definition) is 1. The normalized spacial score (nSPS) is 12.0. The topological polar surface area (TPSA) is 58.9 Å². The van der Waals surface area contributed by atoms with E-state index in [1.54, 1.807) is 0 Å². The van der Waals surface area contributed by atoms with Gasteiger partial charge in [0, 0.05) is 10.8 Å². The maximum absolute atomic E-state index is 12.2. The summed E-state index contributed by atoms with van der Waals surface area (Å²) in [6, 6.07) is 9.63. The largest absolute Gasteiger partial charge is 0.453 e. The van der Waals surface area contributed by atoms with Crippen molar-refractivity contribution in [2.45, 2.75) is 26.2 Å². The zero-order valence-electron chi connectivity index (χ0n) is 12.0. The Kier molecular flexibility index (Phi) is 3.39. The summed E-state index contributed by atoms with van der Waals surface area (Å²) in [6.45, 7) is 6.12. The number of aromatic nitrogens is 2.